The van der Waals surface area contributed by atoms with Gasteiger partial charge in [0.2, 0.25) is 0 Å². The van der Waals surface area contributed by atoms with E-state index in [2.05, 4.69) is 14.2 Å². The summed E-state index contributed by atoms with van der Waals surface area (Å²) in [6, 6.07) is 0. The van der Waals surface area contributed by atoms with Crippen molar-refractivity contribution in [3.8, 4) is 0 Å². The Kier molecular flexibility index (Phi) is 7.89. The van der Waals surface area contributed by atoms with Gasteiger partial charge in [0, 0.05) is 26.0 Å². The van der Waals surface area contributed by atoms with Crippen molar-refractivity contribution in [2.75, 3.05) is 0 Å². The van der Waals surface area contributed by atoms with Gasteiger partial charge in [-0.2, -0.15) is 0 Å². The van der Waals surface area contributed by atoms with Crippen molar-refractivity contribution in [1.29, 1.82) is 0 Å². The highest BCUT2D eigenvalue weighted by atomic mass is 16.6. The highest BCUT2D eigenvalue weighted by Crippen LogP contribution is 2.03. The summed E-state index contributed by atoms with van der Waals surface area (Å²) in [7, 11) is 0. The Bertz CT molecular complexity index is 459. The molecule has 0 N–H and O–H groups in total. The van der Waals surface area contributed by atoms with Gasteiger partial charge in [-0.1, -0.05) is 0 Å². The molecule has 9 heteroatoms. The first-order valence-electron chi connectivity index (χ1n) is 5.57. The van der Waals surface area contributed by atoms with Gasteiger partial charge in [-0.3, -0.25) is 19.2 Å². The third-order valence-electron chi connectivity index (χ3n) is 1.61. The van der Waals surface area contributed by atoms with Crippen LogP contribution in [0, 0.1) is 0 Å². The van der Waals surface area contributed by atoms with Crippen LogP contribution in [0.2, 0.25) is 0 Å². The van der Waals surface area contributed by atoms with Crippen molar-refractivity contribution < 1.29 is 43.0 Å². The lowest BCUT2D eigenvalue weighted by Gasteiger charge is -1.87. The van der Waals surface area contributed by atoms with Gasteiger partial charge in [0.05, 0.1) is 12.8 Å². The van der Waals surface area contributed by atoms with Crippen molar-refractivity contribution >= 4 is 35.8 Å². The quantitative estimate of drug-likeness (QED) is 0.332. The lowest BCUT2D eigenvalue weighted by molar-refractivity contribution is -0.157. The molecule has 0 spiro atoms. The number of carbonyl (C=O) groups is 6. The zero-order valence-corrected chi connectivity index (χ0v) is 11.2. The van der Waals surface area contributed by atoms with E-state index in [0.29, 0.717) is 0 Å². The molecular weight excluding hydrogens is 288 g/mol. The number of carbonyl (C=O) groups excluding carboxylic acids is 6. The average Bonchev–Trinajstić information content (AvgIpc) is 2.87. The van der Waals surface area contributed by atoms with Crippen LogP contribution in [0.4, 0.5) is 0 Å². The number of ether oxygens (including phenoxy) is 3. The summed E-state index contributed by atoms with van der Waals surface area (Å²) in [5.41, 5.74) is 0. The molecule has 21 heavy (non-hydrogen) atoms. The predicted molar refractivity (Wildman–Crippen MR) is 63.0 cm³/mol. The Morgan fingerprint density at radius 3 is 1.33 bits per heavy atom. The van der Waals surface area contributed by atoms with E-state index in [-0.39, 0.29) is 12.8 Å². The zero-order valence-electron chi connectivity index (χ0n) is 11.2. The number of hydrogen-bond acceptors (Lipinski definition) is 9. The summed E-state index contributed by atoms with van der Waals surface area (Å²) in [6.45, 7) is 2.36. The van der Waals surface area contributed by atoms with Gasteiger partial charge in [-0.05, 0) is 0 Å². The van der Waals surface area contributed by atoms with Crippen LogP contribution in [-0.2, 0) is 43.0 Å². The number of hydrogen-bond donors (Lipinski definition) is 0. The van der Waals surface area contributed by atoms with Crippen molar-refractivity contribution in [3.63, 3.8) is 0 Å². The van der Waals surface area contributed by atoms with Crippen LogP contribution in [0.15, 0.2) is 12.2 Å². The lowest BCUT2D eigenvalue weighted by atomic mass is 10.4. The maximum absolute atomic E-state index is 10.0. The molecule has 0 bridgehead atoms. The minimum atomic E-state index is -0.579. The van der Waals surface area contributed by atoms with Gasteiger partial charge in [0.15, 0.2) is 0 Å². The monoisotopic (exact) mass is 300 g/mol. The SMILES string of the molecule is CC(=O)OC(C)=O.O=C1C=CC(=O)O1.O=C1CCC(=O)O1. The van der Waals surface area contributed by atoms with Crippen molar-refractivity contribution in [3.05, 3.63) is 12.2 Å². The standard InChI is InChI=1S/C4H4O3.C4H2O3.C4H6O3/c2*5-3-1-2-4(6)7-3;1-3(5)7-4(2)6/h1-2H2;1-2H;1-2H3. The summed E-state index contributed by atoms with van der Waals surface area (Å²) < 4.78 is 12.0. The van der Waals surface area contributed by atoms with Crippen LogP contribution >= 0.6 is 0 Å². The summed E-state index contributed by atoms with van der Waals surface area (Å²) in [6.07, 6.45) is 2.70. The summed E-state index contributed by atoms with van der Waals surface area (Å²) in [5.74, 6) is -3.08. The minimum absolute atomic E-state index is 0.263. The molecule has 1 saturated heterocycles. The van der Waals surface area contributed by atoms with E-state index < -0.39 is 35.8 Å². The van der Waals surface area contributed by atoms with Crippen LogP contribution < -0.4 is 0 Å². The van der Waals surface area contributed by atoms with E-state index in [0.717, 1.165) is 12.2 Å². The Morgan fingerprint density at radius 2 is 1.24 bits per heavy atom. The van der Waals surface area contributed by atoms with Crippen molar-refractivity contribution in [1.82, 2.24) is 0 Å². The molecular formula is C12H12O9. The molecule has 114 valence electrons. The Balaban J connectivity index is 0.000000286. The number of rotatable bonds is 0. The molecule has 2 rings (SSSR count). The van der Waals surface area contributed by atoms with Crippen molar-refractivity contribution in [2.45, 2.75) is 26.7 Å². The summed E-state index contributed by atoms with van der Waals surface area (Å²) in [5, 5.41) is 0. The highest BCUT2D eigenvalue weighted by molar-refractivity contribution is 6.04. The third-order valence-corrected chi connectivity index (χ3v) is 1.61. The van der Waals surface area contributed by atoms with Gasteiger partial charge in [0.25, 0.3) is 0 Å². The minimum Gasteiger partial charge on any atom is -0.394 e. The van der Waals surface area contributed by atoms with E-state index in [1.165, 1.54) is 13.8 Å². The van der Waals surface area contributed by atoms with E-state index in [1.54, 1.807) is 0 Å². The second kappa shape index (κ2) is 9.13. The first kappa shape index (κ1) is 18.2. The van der Waals surface area contributed by atoms with Gasteiger partial charge in [-0.15, -0.1) is 0 Å². The second-order valence-corrected chi connectivity index (χ2v) is 3.50. The Morgan fingerprint density at radius 1 is 0.857 bits per heavy atom. The molecule has 0 aromatic carbocycles. The van der Waals surface area contributed by atoms with Crippen LogP contribution in [0.1, 0.15) is 26.7 Å². The molecule has 0 amide bonds. The lowest BCUT2D eigenvalue weighted by Crippen LogP contribution is -2.03. The molecule has 0 saturated carbocycles. The highest BCUT2D eigenvalue weighted by Gasteiger charge is 2.19. The zero-order chi connectivity index (χ0) is 16.4. The molecule has 0 aliphatic carbocycles. The normalized spacial score (nSPS) is 15.1. The number of cyclic esters (lactones) is 4. The van der Waals surface area contributed by atoms with Gasteiger partial charge < -0.3 is 14.2 Å². The summed E-state index contributed by atoms with van der Waals surface area (Å²) >= 11 is 0. The Hall–Kier alpha value is -2.84. The van der Waals surface area contributed by atoms with E-state index in [4.69, 9.17) is 0 Å². The molecule has 0 atom stereocenters. The third kappa shape index (κ3) is 10.7. The van der Waals surface area contributed by atoms with Crippen LogP contribution in [0.5, 0.6) is 0 Å². The maximum Gasteiger partial charge on any atom is 0.338 e. The molecule has 9 nitrogen and oxygen atoms in total. The van der Waals surface area contributed by atoms with Crippen LogP contribution in [0.25, 0.3) is 0 Å². The van der Waals surface area contributed by atoms with Crippen LogP contribution in [0.3, 0.4) is 0 Å². The molecule has 2 heterocycles. The van der Waals surface area contributed by atoms with E-state index in [1.807, 2.05) is 0 Å². The largest absolute Gasteiger partial charge is 0.394 e. The summed E-state index contributed by atoms with van der Waals surface area (Å²) in [4.78, 5) is 59.5. The van der Waals surface area contributed by atoms with Gasteiger partial charge >= 0.3 is 35.8 Å². The molecule has 0 radical (unpaired) electrons. The van der Waals surface area contributed by atoms with E-state index >= 15 is 0 Å². The van der Waals surface area contributed by atoms with Crippen LogP contribution in [-0.4, -0.2) is 35.8 Å². The second-order valence-electron chi connectivity index (χ2n) is 3.50. The first-order valence-corrected chi connectivity index (χ1v) is 5.57. The van der Waals surface area contributed by atoms with Crippen molar-refractivity contribution in [2.24, 2.45) is 0 Å². The fraction of sp³-hybridized carbons (Fsp3) is 0.333. The van der Waals surface area contributed by atoms with E-state index in [9.17, 15) is 28.8 Å². The smallest absolute Gasteiger partial charge is 0.338 e. The van der Waals surface area contributed by atoms with Gasteiger partial charge in [0.1, 0.15) is 0 Å². The molecule has 0 unspecified atom stereocenters. The number of esters is 6. The fourth-order valence-electron chi connectivity index (χ4n) is 0.939. The predicted octanol–water partition coefficient (Wildman–Crippen LogP) is -0.428. The molecule has 2 aliphatic heterocycles. The molecule has 1 fully saturated rings. The Labute approximate surface area is 118 Å². The van der Waals surface area contributed by atoms with Gasteiger partial charge in [-0.25, -0.2) is 9.59 Å². The fourth-order valence-corrected chi connectivity index (χ4v) is 0.939. The molecule has 0 aromatic rings. The topological polar surface area (TPSA) is 130 Å². The molecule has 2 aliphatic rings. The average molecular weight is 300 g/mol. The molecule has 0 aromatic heterocycles. The maximum atomic E-state index is 10.0. The first-order chi connectivity index (χ1) is 9.70.